The van der Waals surface area contributed by atoms with E-state index in [1.54, 1.807) is 0 Å². The van der Waals surface area contributed by atoms with Gasteiger partial charge in [-0.1, -0.05) is 107 Å². The predicted molar refractivity (Wildman–Crippen MR) is 146 cm³/mol. The minimum Gasteiger partial charge on any atom is -0.311 e. The van der Waals surface area contributed by atoms with Crippen LogP contribution in [0.15, 0.2) is 72.8 Å². The Labute approximate surface area is 192 Å². The van der Waals surface area contributed by atoms with Crippen LogP contribution in [-0.2, 0) is 5.41 Å². The molecule has 0 heterocycles. The number of hydrogen-bond donors (Lipinski definition) is 0. The first kappa shape index (κ1) is 23.6. The van der Waals surface area contributed by atoms with E-state index in [1.165, 1.54) is 33.0 Å². The fraction of sp³-hybridized carbons (Fsp3) is 0.357. The van der Waals surface area contributed by atoms with Gasteiger partial charge in [0.1, 0.15) is 0 Å². The second-order valence-corrected chi connectivity index (χ2v) is 21.9. The topological polar surface area (TPSA) is 3.24 Å². The molecule has 0 N–H and O–H groups in total. The van der Waals surface area contributed by atoms with Crippen molar-refractivity contribution in [3.8, 4) is 0 Å². The summed E-state index contributed by atoms with van der Waals surface area (Å²) in [5.41, 5.74) is 5.15. The zero-order valence-corrected chi connectivity index (χ0v) is 22.9. The van der Waals surface area contributed by atoms with E-state index in [0.29, 0.717) is 0 Å². The molecular weight excluding hydrogens is 406 g/mol. The van der Waals surface area contributed by atoms with Gasteiger partial charge in [0.15, 0.2) is 0 Å². The maximum absolute atomic E-state index is 2.40. The predicted octanol–water partition coefficient (Wildman–Crippen LogP) is 7.54. The molecule has 0 saturated carbocycles. The van der Waals surface area contributed by atoms with Crippen LogP contribution in [0.1, 0.15) is 26.3 Å². The molecule has 0 saturated heterocycles. The summed E-state index contributed by atoms with van der Waals surface area (Å²) in [6, 6.07) is 27.5. The van der Waals surface area contributed by atoms with Gasteiger partial charge in [0, 0.05) is 17.1 Å². The second kappa shape index (κ2) is 8.44. The molecule has 0 aliphatic carbocycles. The Kier molecular flexibility index (Phi) is 6.41. The number of nitrogens with zero attached hydrogens (tertiary/aromatic N) is 1. The van der Waals surface area contributed by atoms with Crippen LogP contribution in [0.2, 0.25) is 39.3 Å². The van der Waals surface area contributed by atoms with Gasteiger partial charge in [-0.05, 0) is 47.4 Å². The maximum Gasteiger partial charge on any atom is 0.0775 e. The molecule has 0 amide bonds. The molecule has 3 heteroatoms. The van der Waals surface area contributed by atoms with E-state index in [2.05, 4.69) is 138 Å². The average molecular weight is 446 g/mol. The van der Waals surface area contributed by atoms with Gasteiger partial charge in [-0.2, -0.15) is 0 Å². The average Bonchev–Trinajstić information content (AvgIpc) is 2.67. The van der Waals surface area contributed by atoms with Gasteiger partial charge in [-0.3, -0.25) is 0 Å². The molecule has 0 aliphatic heterocycles. The van der Waals surface area contributed by atoms with E-state index in [4.69, 9.17) is 0 Å². The molecule has 0 unspecified atom stereocenters. The van der Waals surface area contributed by atoms with Crippen molar-refractivity contribution in [1.82, 2.24) is 0 Å². The van der Waals surface area contributed by atoms with E-state index in [1.807, 2.05) is 0 Å². The van der Waals surface area contributed by atoms with Crippen LogP contribution >= 0.6 is 0 Å². The summed E-state index contributed by atoms with van der Waals surface area (Å²) in [4.78, 5) is 2.38. The smallest absolute Gasteiger partial charge is 0.0775 e. The summed E-state index contributed by atoms with van der Waals surface area (Å²) in [7, 11) is -2.64. The van der Waals surface area contributed by atoms with Crippen molar-refractivity contribution in [2.24, 2.45) is 0 Å². The highest BCUT2D eigenvalue weighted by molar-refractivity contribution is 6.89. The molecule has 3 aromatic rings. The van der Waals surface area contributed by atoms with Crippen molar-refractivity contribution in [1.29, 1.82) is 0 Å². The van der Waals surface area contributed by atoms with Gasteiger partial charge in [0.25, 0.3) is 0 Å². The summed E-state index contributed by atoms with van der Waals surface area (Å²) in [6.07, 6.45) is 0. The molecule has 0 fully saturated rings. The number of rotatable bonds is 5. The Morgan fingerprint density at radius 2 is 0.774 bits per heavy atom. The molecule has 164 valence electrons. The number of hydrogen-bond acceptors (Lipinski definition) is 1. The van der Waals surface area contributed by atoms with Crippen LogP contribution in [0.3, 0.4) is 0 Å². The van der Waals surface area contributed by atoms with Gasteiger partial charge in [-0.15, -0.1) is 0 Å². The lowest BCUT2D eigenvalue weighted by molar-refractivity contribution is 0.590. The summed E-state index contributed by atoms with van der Waals surface area (Å²) >= 11 is 0. The lowest BCUT2D eigenvalue weighted by Crippen LogP contribution is -2.37. The Morgan fingerprint density at radius 3 is 1.03 bits per heavy atom. The molecule has 3 rings (SSSR count). The van der Waals surface area contributed by atoms with Crippen molar-refractivity contribution >= 4 is 43.6 Å². The summed E-state index contributed by atoms with van der Waals surface area (Å²) in [5, 5.41) is 2.99. The van der Waals surface area contributed by atoms with Crippen LogP contribution in [0.4, 0.5) is 17.1 Å². The van der Waals surface area contributed by atoms with Gasteiger partial charge in [0.2, 0.25) is 0 Å². The summed E-state index contributed by atoms with van der Waals surface area (Å²) in [5.74, 6) is 0. The fourth-order valence-electron chi connectivity index (χ4n) is 3.78. The van der Waals surface area contributed by atoms with Gasteiger partial charge >= 0.3 is 0 Å². The maximum atomic E-state index is 2.40. The molecule has 1 nitrogen and oxygen atoms in total. The molecule has 3 aromatic carbocycles. The summed E-state index contributed by atoms with van der Waals surface area (Å²) in [6.45, 7) is 21.2. The van der Waals surface area contributed by atoms with Crippen LogP contribution in [0.5, 0.6) is 0 Å². The number of anilines is 3. The molecule has 31 heavy (non-hydrogen) atoms. The highest BCUT2D eigenvalue weighted by Crippen LogP contribution is 2.35. The minimum absolute atomic E-state index is 0.154. The van der Waals surface area contributed by atoms with Crippen molar-refractivity contribution < 1.29 is 0 Å². The zero-order chi connectivity index (χ0) is 23.0. The quantitative estimate of drug-likeness (QED) is 0.366. The highest BCUT2D eigenvalue weighted by atomic mass is 28.3. The van der Waals surface area contributed by atoms with E-state index >= 15 is 0 Å². The largest absolute Gasteiger partial charge is 0.311 e. The lowest BCUT2D eigenvalue weighted by atomic mass is 9.87. The third-order valence-corrected chi connectivity index (χ3v) is 10.1. The van der Waals surface area contributed by atoms with Crippen LogP contribution in [-0.4, -0.2) is 16.1 Å². The van der Waals surface area contributed by atoms with E-state index < -0.39 is 16.1 Å². The SMILES string of the molecule is CC(C)(C)c1ccc(N(c2ccc([Si](C)(C)C)cc2)c2ccc([Si](C)(C)C)cc2)cc1. The molecule has 0 bridgehead atoms. The Bertz CT molecular complexity index is 861. The van der Waals surface area contributed by atoms with Gasteiger partial charge in [0.05, 0.1) is 16.1 Å². The monoisotopic (exact) mass is 445 g/mol. The Hall–Kier alpha value is -2.11. The van der Waals surface area contributed by atoms with Crippen molar-refractivity contribution in [2.75, 3.05) is 4.90 Å². The van der Waals surface area contributed by atoms with Gasteiger partial charge in [-0.25, -0.2) is 0 Å². The molecule has 0 radical (unpaired) electrons. The van der Waals surface area contributed by atoms with Crippen LogP contribution in [0, 0.1) is 0 Å². The normalized spacial score (nSPS) is 12.7. The standard InChI is InChI=1S/C28H39NSi2/c1-28(2,3)22-10-12-23(13-11-22)29(24-14-18-26(19-15-24)30(4,5)6)25-16-20-27(21-17-25)31(7,8)9/h10-21H,1-9H3. The van der Waals surface area contributed by atoms with Crippen molar-refractivity contribution in [3.05, 3.63) is 78.4 Å². The van der Waals surface area contributed by atoms with Crippen LogP contribution < -0.4 is 15.3 Å². The molecule has 0 aliphatic rings. The second-order valence-electron chi connectivity index (χ2n) is 11.7. The lowest BCUT2D eigenvalue weighted by Gasteiger charge is -2.28. The zero-order valence-electron chi connectivity index (χ0n) is 20.9. The first-order valence-corrected chi connectivity index (χ1v) is 18.4. The van der Waals surface area contributed by atoms with Crippen LogP contribution in [0.25, 0.3) is 0 Å². The molecule has 0 aromatic heterocycles. The van der Waals surface area contributed by atoms with E-state index in [0.717, 1.165) is 0 Å². The Balaban J connectivity index is 2.08. The minimum atomic E-state index is -1.32. The fourth-order valence-corrected chi connectivity index (χ4v) is 6.11. The first-order chi connectivity index (χ1) is 14.3. The van der Waals surface area contributed by atoms with Crippen molar-refractivity contribution in [2.45, 2.75) is 65.5 Å². The van der Waals surface area contributed by atoms with E-state index in [-0.39, 0.29) is 5.41 Å². The Morgan fingerprint density at radius 1 is 0.484 bits per heavy atom. The highest BCUT2D eigenvalue weighted by Gasteiger charge is 2.20. The number of benzene rings is 3. The molecule has 0 atom stereocenters. The molecule has 0 spiro atoms. The summed E-state index contributed by atoms with van der Waals surface area (Å²) < 4.78 is 0. The van der Waals surface area contributed by atoms with Gasteiger partial charge < -0.3 is 4.90 Å². The molecular formula is C28H39NSi2. The van der Waals surface area contributed by atoms with Crippen molar-refractivity contribution in [3.63, 3.8) is 0 Å². The van der Waals surface area contributed by atoms with E-state index in [9.17, 15) is 0 Å². The third kappa shape index (κ3) is 5.58. The first-order valence-electron chi connectivity index (χ1n) is 11.4. The third-order valence-electron chi connectivity index (χ3n) is 5.97.